The topological polar surface area (TPSA) is 44.1 Å². The summed E-state index contributed by atoms with van der Waals surface area (Å²) in [5.41, 5.74) is 0.413. The second kappa shape index (κ2) is 6.66. The summed E-state index contributed by atoms with van der Waals surface area (Å²) in [6.45, 7) is 2.63. The number of nitrogens with zero attached hydrogens (tertiary/aromatic N) is 2. The first-order chi connectivity index (χ1) is 10.0. The van der Waals surface area contributed by atoms with E-state index in [1.165, 1.54) is 12.1 Å². The van der Waals surface area contributed by atoms with Crippen molar-refractivity contribution < 1.29 is 13.6 Å². The predicted octanol–water partition coefficient (Wildman–Crippen LogP) is 3.05. The van der Waals surface area contributed by atoms with Crippen LogP contribution in [0.25, 0.3) is 0 Å². The molecule has 112 valence electrons. The molecule has 1 fully saturated rings. The quantitative estimate of drug-likeness (QED) is 0.856. The van der Waals surface area contributed by atoms with Gasteiger partial charge in [0.25, 0.3) is 0 Å². The molecule has 1 aliphatic rings. The van der Waals surface area contributed by atoms with Gasteiger partial charge in [0.1, 0.15) is 17.7 Å². The van der Waals surface area contributed by atoms with E-state index in [0.29, 0.717) is 30.9 Å². The van der Waals surface area contributed by atoms with Crippen molar-refractivity contribution in [1.29, 1.82) is 5.26 Å². The minimum absolute atomic E-state index is 0.0616. The van der Waals surface area contributed by atoms with E-state index < -0.39 is 11.6 Å². The zero-order valence-electron chi connectivity index (χ0n) is 12.0. The number of nitriles is 1. The zero-order chi connectivity index (χ0) is 15.4. The Labute approximate surface area is 123 Å². The third-order valence-electron chi connectivity index (χ3n) is 3.83. The molecule has 1 aromatic carbocycles. The molecule has 2 unspecified atom stereocenters. The van der Waals surface area contributed by atoms with Crippen LogP contribution in [0.5, 0.6) is 0 Å². The molecule has 5 heteroatoms. The largest absolute Gasteiger partial charge is 0.326 e. The van der Waals surface area contributed by atoms with Gasteiger partial charge in [-0.2, -0.15) is 5.26 Å². The Balaban J connectivity index is 1.86. The molecule has 0 bridgehead atoms. The number of aryl methyl sites for hydroxylation is 1. The Kier molecular flexibility index (Phi) is 4.89. The highest BCUT2D eigenvalue weighted by Gasteiger charge is 2.32. The first-order valence-electron chi connectivity index (χ1n) is 7.14. The molecule has 1 aromatic rings. The SMILES string of the molecule is CC1CC(C#N)N(C(=O)CCCc2ccc(F)cc2F)C1. The first-order valence-corrected chi connectivity index (χ1v) is 7.14. The third-order valence-corrected chi connectivity index (χ3v) is 3.83. The number of hydrogen-bond donors (Lipinski definition) is 0. The summed E-state index contributed by atoms with van der Waals surface area (Å²) in [6.07, 6.45) is 1.87. The molecule has 0 N–H and O–H groups in total. The van der Waals surface area contributed by atoms with E-state index in [0.717, 1.165) is 12.5 Å². The number of likely N-dealkylation sites (tertiary alicyclic amines) is 1. The van der Waals surface area contributed by atoms with E-state index in [4.69, 9.17) is 5.26 Å². The number of carbonyl (C=O) groups excluding carboxylic acids is 1. The number of carbonyl (C=O) groups is 1. The maximum atomic E-state index is 13.5. The molecule has 21 heavy (non-hydrogen) atoms. The van der Waals surface area contributed by atoms with Crippen molar-refractivity contribution in [2.75, 3.05) is 6.54 Å². The molecule has 0 aromatic heterocycles. The minimum atomic E-state index is -0.602. The number of amides is 1. The lowest BCUT2D eigenvalue weighted by atomic mass is 10.1. The maximum Gasteiger partial charge on any atom is 0.223 e. The van der Waals surface area contributed by atoms with E-state index in [9.17, 15) is 13.6 Å². The van der Waals surface area contributed by atoms with Gasteiger partial charge in [0.15, 0.2) is 0 Å². The van der Waals surface area contributed by atoms with E-state index in [-0.39, 0.29) is 18.4 Å². The molecule has 0 spiro atoms. The fraction of sp³-hybridized carbons (Fsp3) is 0.500. The van der Waals surface area contributed by atoms with Gasteiger partial charge in [-0.25, -0.2) is 8.78 Å². The molecule has 1 amide bonds. The van der Waals surface area contributed by atoms with Crippen LogP contribution in [0, 0.1) is 28.9 Å². The van der Waals surface area contributed by atoms with Crippen LogP contribution in [0.4, 0.5) is 8.78 Å². The standard InChI is InChI=1S/C16H18F2N2O/c1-11-7-14(9-19)20(10-11)16(21)4-2-3-12-5-6-13(17)8-15(12)18/h5-6,8,11,14H,2-4,7,10H2,1H3. The van der Waals surface area contributed by atoms with Crippen molar-refractivity contribution in [3.05, 3.63) is 35.4 Å². The summed E-state index contributed by atoms with van der Waals surface area (Å²) in [5.74, 6) is -0.899. The Morgan fingerprint density at radius 3 is 2.90 bits per heavy atom. The van der Waals surface area contributed by atoms with Crippen LogP contribution in [0.1, 0.15) is 31.7 Å². The van der Waals surface area contributed by atoms with Gasteiger partial charge in [-0.1, -0.05) is 13.0 Å². The second-order valence-corrected chi connectivity index (χ2v) is 5.62. The number of rotatable bonds is 4. The highest BCUT2D eigenvalue weighted by Crippen LogP contribution is 2.23. The van der Waals surface area contributed by atoms with Gasteiger partial charge in [-0.3, -0.25) is 4.79 Å². The predicted molar refractivity (Wildman–Crippen MR) is 74.2 cm³/mol. The smallest absolute Gasteiger partial charge is 0.223 e. The number of hydrogen-bond acceptors (Lipinski definition) is 2. The van der Waals surface area contributed by atoms with Crippen LogP contribution in [0.15, 0.2) is 18.2 Å². The van der Waals surface area contributed by atoms with E-state index in [1.807, 2.05) is 6.92 Å². The average Bonchev–Trinajstić information content (AvgIpc) is 2.82. The van der Waals surface area contributed by atoms with Crippen LogP contribution in [0.3, 0.4) is 0 Å². The second-order valence-electron chi connectivity index (χ2n) is 5.62. The van der Waals surface area contributed by atoms with Gasteiger partial charge < -0.3 is 4.90 Å². The number of halogens is 2. The van der Waals surface area contributed by atoms with Gasteiger partial charge in [0.2, 0.25) is 5.91 Å². The summed E-state index contributed by atoms with van der Waals surface area (Å²) in [7, 11) is 0. The summed E-state index contributed by atoms with van der Waals surface area (Å²) in [5, 5.41) is 9.04. The minimum Gasteiger partial charge on any atom is -0.326 e. The van der Waals surface area contributed by atoms with Crippen LogP contribution in [0.2, 0.25) is 0 Å². The average molecular weight is 292 g/mol. The Bertz CT molecular complexity index is 568. The normalized spacial score (nSPS) is 21.3. The highest BCUT2D eigenvalue weighted by molar-refractivity contribution is 5.77. The third kappa shape index (κ3) is 3.78. The van der Waals surface area contributed by atoms with E-state index in [1.54, 1.807) is 4.90 Å². The molecule has 2 atom stereocenters. The summed E-state index contributed by atoms with van der Waals surface area (Å²) in [6, 6.07) is 5.29. The molecule has 2 rings (SSSR count). The highest BCUT2D eigenvalue weighted by atomic mass is 19.1. The molecular weight excluding hydrogens is 274 g/mol. The molecular formula is C16H18F2N2O. The van der Waals surface area contributed by atoms with Gasteiger partial charge in [-0.05, 0) is 36.8 Å². The lowest BCUT2D eigenvalue weighted by Gasteiger charge is -2.19. The fourth-order valence-electron chi connectivity index (χ4n) is 2.74. The van der Waals surface area contributed by atoms with Crippen molar-refractivity contribution in [2.24, 2.45) is 5.92 Å². The summed E-state index contributed by atoms with van der Waals surface area (Å²) < 4.78 is 26.3. The molecule has 0 radical (unpaired) electrons. The molecule has 1 aliphatic heterocycles. The lowest BCUT2D eigenvalue weighted by Crippen LogP contribution is -2.34. The van der Waals surface area contributed by atoms with Crippen LogP contribution < -0.4 is 0 Å². The van der Waals surface area contributed by atoms with Crippen molar-refractivity contribution in [1.82, 2.24) is 4.90 Å². The van der Waals surface area contributed by atoms with Crippen molar-refractivity contribution in [2.45, 2.75) is 38.6 Å². The van der Waals surface area contributed by atoms with Gasteiger partial charge in [0.05, 0.1) is 6.07 Å². The van der Waals surface area contributed by atoms with Gasteiger partial charge in [0, 0.05) is 19.0 Å². The van der Waals surface area contributed by atoms with Crippen molar-refractivity contribution in [3.8, 4) is 6.07 Å². The van der Waals surface area contributed by atoms with Crippen molar-refractivity contribution in [3.63, 3.8) is 0 Å². The fourth-order valence-corrected chi connectivity index (χ4v) is 2.74. The Hall–Kier alpha value is -1.96. The van der Waals surface area contributed by atoms with Crippen LogP contribution in [-0.4, -0.2) is 23.4 Å². The molecule has 0 saturated carbocycles. The molecule has 1 heterocycles. The maximum absolute atomic E-state index is 13.5. The van der Waals surface area contributed by atoms with E-state index in [2.05, 4.69) is 6.07 Å². The Morgan fingerprint density at radius 2 is 2.24 bits per heavy atom. The Morgan fingerprint density at radius 1 is 1.48 bits per heavy atom. The molecule has 1 saturated heterocycles. The molecule has 3 nitrogen and oxygen atoms in total. The van der Waals surface area contributed by atoms with Gasteiger partial charge >= 0.3 is 0 Å². The zero-order valence-corrected chi connectivity index (χ0v) is 12.0. The lowest BCUT2D eigenvalue weighted by molar-refractivity contribution is -0.131. The van der Waals surface area contributed by atoms with Crippen LogP contribution >= 0.6 is 0 Å². The van der Waals surface area contributed by atoms with Crippen molar-refractivity contribution >= 4 is 5.91 Å². The van der Waals surface area contributed by atoms with E-state index >= 15 is 0 Å². The summed E-state index contributed by atoms with van der Waals surface area (Å²) >= 11 is 0. The molecule has 0 aliphatic carbocycles. The first kappa shape index (κ1) is 15.4. The monoisotopic (exact) mass is 292 g/mol. The number of benzene rings is 1. The summed E-state index contributed by atoms with van der Waals surface area (Å²) in [4.78, 5) is 13.7. The van der Waals surface area contributed by atoms with Gasteiger partial charge in [-0.15, -0.1) is 0 Å². The van der Waals surface area contributed by atoms with Crippen LogP contribution in [-0.2, 0) is 11.2 Å².